The molecule has 1 aromatic heterocycles. The van der Waals surface area contributed by atoms with Crippen molar-refractivity contribution in [1.82, 2.24) is 20.2 Å². The number of hydrogen-bond donors (Lipinski definition) is 3. The van der Waals surface area contributed by atoms with E-state index in [1.165, 1.54) is 28.8 Å². The van der Waals surface area contributed by atoms with E-state index in [1.54, 1.807) is 20.8 Å². The Balaban J connectivity index is 1.63. The van der Waals surface area contributed by atoms with Crippen molar-refractivity contribution in [1.29, 1.82) is 0 Å². The predicted molar refractivity (Wildman–Crippen MR) is 123 cm³/mol. The molecule has 2 unspecified atom stereocenters. The lowest BCUT2D eigenvalue weighted by molar-refractivity contribution is -0.0254. The van der Waals surface area contributed by atoms with Gasteiger partial charge in [-0.2, -0.15) is 0 Å². The topological polar surface area (TPSA) is 132 Å². The zero-order valence-electron chi connectivity index (χ0n) is 19.9. The van der Waals surface area contributed by atoms with Crippen LogP contribution in [-0.4, -0.2) is 51.5 Å². The van der Waals surface area contributed by atoms with Crippen LogP contribution < -0.4 is 16.2 Å². The molecule has 0 spiro atoms. The Morgan fingerprint density at radius 2 is 2.00 bits per heavy atom. The normalized spacial score (nSPS) is 21.1. The Labute approximate surface area is 201 Å². The van der Waals surface area contributed by atoms with Crippen molar-refractivity contribution in [3.63, 3.8) is 0 Å². The lowest BCUT2D eigenvalue weighted by Crippen LogP contribution is -2.49. The third kappa shape index (κ3) is 5.29. The molecule has 2 amide bonds. The van der Waals surface area contributed by atoms with Gasteiger partial charge in [-0.05, 0) is 51.3 Å². The average Bonchev–Trinajstić information content (AvgIpc) is 3.05. The van der Waals surface area contributed by atoms with Crippen LogP contribution in [0.15, 0.2) is 29.1 Å². The van der Waals surface area contributed by atoms with Gasteiger partial charge >= 0.3 is 6.09 Å². The van der Waals surface area contributed by atoms with Gasteiger partial charge < -0.3 is 25.2 Å². The molecule has 35 heavy (non-hydrogen) atoms. The van der Waals surface area contributed by atoms with Gasteiger partial charge in [0.15, 0.2) is 5.69 Å². The molecule has 2 aromatic rings. The maximum absolute atomic E-state index is 13.1. The number of carbonyl (C=O) groups is 2. The number of carbonyl (C=O) groups excluding carboxylic acids is 2. The van der Waals surface area contributed by atoms with E-state index in [1.807, 2.05) is 0 Å². The van der Waals surface area contributed by atoms with Gasteiger partial charge in [-0.15, -0.1) is 0 Å². The van der Waals surface area contributed by atoms with E-state index in [-0.39, 0.29) is 38.2 Å². The quantitative estimate of drug-likeness (QED) is 0.586. The fourth-order valence-corrected chi connectivity index (χ4v) is 4.31. The van der Waals surface area contributed by atoms with Crippen LogP contribution in [0.5, 0.6) is 5.75 Å². The van der Waals surface area contributed by atoms with Crippen LogP contribution in [0.25, 0.3) is 0 Å². The van der Waals surface area contributed by atoms with Crippen LogP contribution in [0.2, 0.25) is 0 Å². The minimum absolute atomic E-state index is 0.0508. The van der Waals surface area contributed by atoms with Crippen molar-refractivity contribution in [3.8, 4) is 5.75 Å². The molecular weight excluding hydrogens is 459 g/mol. The van der Waals surface area contributed by atoms with E-state index >= 15 is 0 Å². The number of aromatic nitrogens is 2. The highest BCUT2D eigenvalue weighted by atomic mass is 19.1. The SMILES string of the molecule is CC(C)(C)OC(=O)NCC12CCC(Cn3c1nc(C(=O)NCc1ccc(F)cc1)c(O)c3=O)OC2. The summed E-state index contributed by atoms with van der Waals surface area (Å²) in [6.07, 6.45) is 0.304. The van der Waals surface area contributed by atoms with Gasteiger partial charge in [0.25, 0.3) is 11.5 Å². The van der Waals surface area contributed by atoms with E-state index in [0.29, 0.717) is 18.4 Å². The fraction of sp³-hybridized carbons (Fsp3) is 0.500. The number of nitrogens with one attached hydrogen (secondary N) is 2. The van der Waals surface area contributed by atoms with Crippen molar-refractivity contribution in [2.45, 2.75) is 63.8 Å². The summed E-state index contributed by atoms with van der Waals surface area (Å²) >= 11 is 0. The van der Waals surface area contributed by atoms with Crippen LogP contribution in [0.4, 0.5) is 9.18 Å². The first-order valence-electron chi connectivity index (χ1n) is 11.4. The first-order chi connectivity index (χ1) is 16.5. The smallest absolute Gasteiger partial charge is 0.407 e. The first kappa shape index (κ1) is 24.6. The van der Waals surface area contributed by atoms with Crippen LogP contribution in [0.1, 0.15) is 55.5 Å². The van der Waals surface area contributed by atoms with E-state index in [2.05, 4.69) is 15.6 Å². The van der Waals surface area contributed by atoms with E-state index in [0.717, 1.165) is 0 Å². The Hall–Kier alpha value is -3.47. The summed E-state index contributed by atoms with van der Waals surface area (Å²) in [6, 6.07) is 5.57. The number of alkyl carbamates (subject to hydrolysis) is 1. The number of aromatic hydroxyl groups is 1. The molecule has 4 heterocycles. The van der Waals surface area contributed by atoms with Gasteiger partial charge in [0.05, 0.1) is 24.7 Å². The molecule has 0 aliphatic carbocycles. The third-order valence-electron chi connectivity index (χ3n) is 6.10. The zero-order chi connectivity index (χ0) is 25.4. The largest absolute Gasteiger partial charge is 0.501 e. The molecule has 3 aliphatic rings. The lowest BCUT2D eigenvalue weighted by atomic mass is 9.81. The number of ether oxygens (including phenoxy) is 2. The molecule has 11 heteroatoms. The van der Waals surface area contributed by atoms with Crippen LogP contribution >= 0.6 is 0 Å². The molecular formula is C24H29FN4O6. The molecule has 2 atom stereocenters. The van der Waals surface area contributed by atoms with Crippen molar-refractivity contribution in [2.75, 3.05) is 13.2 Å². The highest BCUT2D eigenvalue weighted by Gasteiger charge is 2.46. The number of amides is 2. The molecule has 10 nitrogen and oxygen atoms in total. The Morgan fingerprint density at radius 3 is 2.63 bits per heavy atom. The summed E-state index contributed by atoms with van der Waals surface area (Å²) in [5.41, 5.74) is -2.10. The standard InChI is InChI=1S/C24H29FN4O6/c1-23(2,3)35-22(33)27-12-24-9-8-16(34-13-24)11-29-20(32)18(30)17(28-21(24)29)19(31)26-10-14-4-6-15(25)7-5-14/h4-7,16,30H,8-13H2,1-3H3,(H,26,31)(H,27,33). The number of hydrogen-bond acceptors (Lipinski definition) is 7. The molecule has 3 N–H and O–H groups in total. The van der Waals surface area contributed by atoms with Crippen LogP contribution in [0, 0.1) is 5.82 Å². The Kier molecular flexibility index (Phi) is 6.54. The second-order valence-corrected chi connectivity index (χ2v) is 9.96. The highest BCUT2D eigenvalue weighted by molar-refractivity contribution is 5.94. The summed E-state index contributed by atoms with van der Waals surface area (Å²) in [6.45, 7) is 5.74. The first-order valence-corrected chi connectivity index (χ1v) is 11.4. The maximum Gasteiger partial charge on any atom is 0.407 e. The average molecular weight is 489 g/mol. The van der Waals surface area contributed by atoms with Crippen molar-refractivity contribution in [3.05, 3.63) is 57.5 Å². The van der Waals surface area contributed by atoms with E-state index in [9.17, 15) is 23.9 Å². The molecule has 1 aromatic carbocycles. The molecule has 1 fully saturated rings. The minimum atomic E-state index is -0.886. The van der Waals surface area contributed by atoms with E-state index in [4.69, 9.17) is 9.47 Å². The monoisotopic (exact) mass is 488 g/mol. The number of benzene rings is 1. The van der Waals surface area contributed by atoms with Crippen LogP contribution in [0.3, 0.4) is 0 Å². The highest BCUT2D eigenvalue weighted by Crippen LogP contribution is 2.37. The third-order valence-corrected chi connectivity index (χ3v) is 6.10. The van der Waals surface area contributed by atoms with Crippen LogP contribution in [-0.2, 0) is 28.0 Å². The summed E-state index contributed by atoms with van der Waals surface area (Å²) in [5.74, 6) is -1.65. The second-order valence-electron chi connectivity index (χ2n) is 9.96. The number of rotatable bonds is 5. The Morgan fingerprint density at radius 1 is 1.29 bits per heavy atom. The second kappa shape index (κ2) is 9.29. The minimum Gasteiger partial charge on any atom is -0.501 e. The molecule has 1 saturated heterocycles. The zero-order valence-corrected chi connectivity index (χ0v) is 19.9. The van der Waals surface area contributed by atoms with Crippen molar-refractivity contribution in [2.24, 2.45) is 0 Å². The summed E-state index contributed by atoms with van der Waals surface area (Å²) in [5, 5.41) is 15.9. The van der Waals surface area contributed by atoms with Gasteiger partial charge in [-0.3, -0.25) is 14.2 Å². The van der Waals surface area contributed by atoms with Gasteiger partial charge in [0, 0.05) is 13.1 Å². The lowest BCUT2D eigenvalue weighted by Gasteiger charge is -2.36. The van der Waals surface area contributed by atoms with Gasteiger partial charge in [-0.25, -0.2) is 14.2 Å². The molecule has 0 saturated carbocycles. The molecule has 2 bridgehead atoms. The maximum atomic E-state index is 13.1. The number of halogens is 1. The molecule has 188 valence electrons. The summed E-state index contributed by atoms with van der Waals surface area (Å²) in [4.78, 5) is 42.7. The summed E-state index contributed by atoms with van der Waals surface area (Å²) < 4.78 is 25.7. The fourth-order valence-electron chi connectivity index (χ4n) is 4.31. The predicted octanol–water partition coefficient (Wildman–Crippen LogP) is 1.97. The molecule has 0 radical (unpaired) electrons. The van der Waals surface area contributed by atoms with Gasteiger partial charge in [-0.1, -0.05) is 12.1 Å². The van der Waals surface area contributed by atoms with Gasteiger partial charge in [0.1, 0.15) is 17.2 Å². The Bertz CT molecular complexity index is 1180. The molecule has 5 rings (SSSR count). The number of fused-ring (bicyclic) bond motifs is 2. The van der Waals surface area contributed by atoms with E-state index < -0.39 is 45.8 Å². The summed E-state index contributed by atoms with van der Waals surface area (Å²) in [7, 11) is 0. The molecule has 3 aliphatic heterocycles. The van der Waals surface area contributed by atoms with Gasteiger partial charge in [0.2, 0.25) is 5.75 Å². The van der Waals surface area contributed by atoms with Crippen molar-refractivity contribution < 1.29 is 28.6 Å². The number of nitrogens with zero attached hydrogens (tertiary/aromatic N) is 2. The van der Waals surface area contributed by atoms with Crippen molar-refractivity contribution >= 4 is 12.0 Å².